The fraction of sp³-hybridized carbons (Fsp3) is 0.533. The van der Waals surface area contributed by atoms with Gasteiger partial charge in [0.25, 0.3) is 0 Å². The molecule has 1 aliphatic carbocycles. The van der Waals surface area contributed by atoms with Crippen LogP contribution in [0.5, 0.6) is 0 Å². The molecule has 6 heteroatoms. The van der Waals surface area contributed by atoms with Gasteiger partial charge in [-0.2, -0.15) is 13.2 Å². The first-order valence-electron chi connectivity index (χ1n) is 7.18. The van der Waals surface area contributed by atoms with Crippen LogP contribution < -0.4 is 5.32 Å². The number of aromatic nitrogens is 1. The van der Waals surface area contributed by atoms with E-state index in [1.807, 2.05) is 24.3 Å². The topological polar surface area (TPSA) is 24.9 Å². The summed E-state index contributed by atoms with van der Waals surface area (Å²) in [5.41, 5.74) is 0.912. The highest BCUT2D eigenvalue weighted by Crippen LogP contribution is 2.37. The molecule has 1 aromatic carbocycles. The highest BCUT2D eigenvalue weighted by Gasteiger charge is 2.45. The molecule has 0 bridgehead atoms. The average Bonchev–Trinajstić information content (AvgIpc) is 2.87. The van der Waals surface area contributed by atoms with Crippen molar-refractivity contribution in [1.82, 2.24) is 10.3 Å². The molecule has 1 aliphatic rings. The fourth-order valence-electron chi connectivity index (χ4n) is 2.98. The number of nitrogens with one attached hydrogen (secondary N) is 1. The van der Waals surface area contributed by atoms with Crippen LogP contribution in [0.3, 0.4) is 0 Å². The zero-order valence-corrected chi connectivity index (χ0v) is 12.3. The highest BCUT2D eigenvalue weighted by molar-refractivity contribution is 7.18. The Hall–Kier alpha value is -1.14. The molecule has 114 valence electrons. The number of halogens is 3. The van der Waals surface area contributed by atoms with E-state index in [9.17, 15) is 13.2 Å². The number of fused-ring (bicyclic) bond motifs is 1. The molecule has 2 unspecified atom stereocenters. The second-order valence-electron chi connectivity index (χ2n) is 5.50. The third-order valence-corrected chi connectivity index (χ3v) is 5.08. The molecule has 1 saturated carbocycles. The summed E-state index contributed by atoms with van der Waals surface area (Å²) in [5, 5.41) is 3.93. The molecular weight excluding hydrogens is 297 g/mol. The molecule has 1 aromatic heterocycles. The van der Waals surface area contributed by atoms with Crippen LogP contribution in [0.1, 0.15) is 30.7 Å². The van der Waals surface area contributed by atoms with E-state index in [0.717, 1.165) is 21.6 Å². The van der Waals surface area contributed by atoms with Crippen LogP contribution >= 0.6 is 11.3 Å². The van der Waals surface area contributed by atoms with Gasteiger partial charge in [-0.1, -0.05) is 25.0 Å². The zero-order valence-electron chi connectivity index (χ0n) is 11.5. The predicted molar refractivity (Wildman–Crippen MR) is 78.3 cm³/mol. The number of benzene rings is 1. The summed E-state index contributed by atoms with van der Waals surface area (Å²) in [4.78, 5) is 4.46. The lowest BCUT2D eigenvalue weighted by Crippen LogP contribution is -2.45. The van der Waals surface area contributed by atoms with E-state index < -0.39 is 18.1 Å². The van der Waals surface area contributed by atoms with Crippen LogP contribution in [0.25, 0.3) is 10.2 Å². The average molecular weight is 314 g/mol. The van der Waals surface area contributed by atoms with Gasteiger partial charge in [0.2, 0.25) is 0 Å². The number of hydrogen-bond donors (Lipinski definition) is 1. The van der Waals surface area contributed by atoms with E-state index in [2.05, 4.69) is 10.3 Å². The van der Waals surface area contributed by atoms with Crippen molar-refractivity contribution in [3.63, 3.8) is 0 Å². The summed E-state index contributed by atoms with van der Waals surface area (Å²) >= 11 is 1.54. The molecule has 1 heterocycles. The number of alkyl halides is 3. The second kappa shape index (κ2) is 5.93. The zero-order chi connectivity index (χ0) is 14.9. The minimum absolute atomic E-state index is 0.237. The minimum atomic E-state index is -4.11. The maximum absolute atomic E-state index is 13.0. The first-order chi connectivity index (χ1) is 10.0. The molecule has 1 N–H and O–H groups in total. The van der Waals surface area contributed by atoms with Crippen LogP contribution in [-0.2, 0) is 6.54 Å². The smallest absolute Gasteiger partial charge is 0.307 e. The lowest BCUT2D eigenvalue weighted by molar-refractivity contribution is -0.189. The fourth-order valence-corrected chi connectivity index (χ4v) is 3.90. The normalized spacial score (nSPS) is 23.6. The Morgan fingerprint density at radius 1 is 1.19 bits per heavy atom. The van der Waals surface area contributed by atoms with Gasteiger partial charge in [-0.3, -0.25) is 0 Å². The summed E-state index contributed by atoms with van der Waals surface area (Å²) in [5.74, 6) is -1.22. The maximum Gasteiger partial charge on any atom is 0.393 e. The van der Waals surface area contributed by atoms with Crippen LogP contribution in [0.15, 0.2) is 24.3 Å². The summed E-state index contributed by atoms with van der Waals surface area (Å²) in [7, 11) is 0. The van der Waals surface area contributed by atoms with Gasteiger partial charge in [0.05, 0.1) is 16.1 Å². The Kier molecular flexibility index (Phi) is 4.17. The van der Waals surface area contributed by atoms with E-state index in [4.69, 9.17) is 0 Å². The van der Waals surface area contributed by atoms with Crippen molar-refractivity contribution in [3.8, 4) is 0 Å². The summed E-state index contributed by atoms with van der Waals surface area (Å²) in [6.07, 6.45) is -1.74. The lowest BCUT2D eigenvalue weighted by Gasteiger charge is -2.33. The molecule has 3 rings (SSSR count). The molecule has 0 amide bonds. The second-order valence-corrected chi connectivity index (χ2v) is 6.61. The number of hydrogen-bond acceptors (Lipinski definition) is 3. The van der Waals surface area contributed by atoms with Crippen molar-refractivity contribution in [1.29, 1.82) is 0 Å². The summed E-state index contributed by atoms with van der Waals surface area (Å²) in [6, 6.07) is 7.29. The van der Waals surface area contributed by atoms with E-state index in [1.165, 1.54) is 11.3 Å². The van der Waals surface area contributed by atoms with E-state index in [0.29, 0.717) is 19.4 Å². The Balaban J connectivity index is 1.68. The van der Waals surface area contributed by atoms with Gasteiger partial charge in [-0.15, -0.1) is 11.3 Å². The molecule has 2 atom stereocenters. The Labute approximate surface area is 125 Å². The van der Waals surface area contributed by atoms with E-state index in [-0.39, 0.29) is 6.42 Å². The van der Waals surface area contributed by atoms with Gasteiger partial charge in [-0.25, -0.2) is 4.98 Å². The van der Waals surface area contributed by atoms with Crippen molar-refractivity contribution < 1.29 is 13.2 Å². The maximum atomic E-state index is 13.0. The van der Waals surface area contributed by atoms with Crippen molar-refractivity contribution in [3.05, 3.63) is 29.3 Å². The van der Waals surface area contributed by atoms with Crippen molar-refractivity contribution in [2.75, 3.05) is 0 Å². The molecule has 2 aromatic rings. The molecule has 0 spiro atoms. The number of nitrogens with zero attached hydrogens (tertiary/aromatic N) is 1. The third-order valence-electron chi connectivity index (χ3n) is 4.04. The molecule has 1 fully saturated rings. The van der Waals surface area contributed by atoms with Crippen LogP contribution in [0.4, 0.5) is 13.2 Å². The van der Waals surface area contributed by atoms with Gasteiger partial charge in [0.15, 0.2) is 0 Å². The standard InChI is InChI=1S/C15H17F3N2S/c16-15(17,18)10-5-1-2-6-11(10)19-9-14-20-12-7-3-4-8-13(12)21-14/h3-4,7-8,10-11,19H,1-2,5-6,9H2. The van der Waals surface area contributed by atoms with Gasteiger partial charge >= 0.3 is 6.18 Å². The van der Waals surface area contributed by atoms with Crippen molar-refractivity contribution in [2.45, 2.75) is 44.4 Å². The summed E-state index contributed by atoms with van der Waals surface area (Å²) in [6.45, 7) is 0.413. The lowest BCUT2D eigenvalue weighted by atomic mass is 9.84. The van der Waals surface area contributed by atoms with Crippen LogP contribution in [0.2, 0.25) is 0 Å². The first-order valence-corrected chi connectivity index (χ1v) is 8.00. The molecule has 0 saturated heterocycles. The van der Waals surface area contributed by atoms with E-state index >= 15 is 0 Å². The molecular formula is C15H17F3N2S. The van der Waals surface area contributed by atoms with Gasteiger partial charge in [0, 0.05) is 12.6 Å². The van der Waals surface area contributed by atoms with Crippen LogP contribution in [-0.4, -0.2) is 17.2 Å². The molecule has 0 radical (unpaired) electrons. The van der Waals surface area contributed by atoms with Gasteiger partial charge in [-0.05, 0) is 25.0 Å². The number of thiazole rings is 1. The molecule has 0 aliphatic heterocycles. The van der Waals surface area contributed by atoms with Gasteiger partial charge < -0.3 is 5.32 Å². The number of rotatable bonds is 3. The van der Waals surface area contributed by atoms with Crippen molar-refractivity contribution in [2.24, 2.45) is 5.92 Å². The first kappa shape index (κ1) is 14.8. The molecule has 2 nitrogen and oxygen atoms in total. The number of para-hydroxylation sites is 1. The largest absolute Gasteiger partial charge is 0.393 e. The highest BCUT2D eigenvalue weighted by atomic mass is 32.1. The molecule has 21 heavy (non-hydrogen) atoms. The van der Waals surface area contributed by atoms with Crippen LogP contribution in [0, 0.1) is 5.92 Å². The Morgan fingerprint density at radius 3 is 2.71 bits per heavy atom. The Bertz CT molecular complexity index is 575. The summed E-state index contributed by atoms with van der Waals surface area (Å²) < 4.78 is 40.2. The van der Waals surface area contributed by atoms with Crippen molar-refractivity contribution >= 4 is 21.6 Å². The monoisotopic (exact) mass is 314 g/mol. The minimum Gasteiger partial charge on any atom is -0.307 e. The Morgan fingerprint density at radius 2 is 1.95 bits per heavy atom. The predicted octanol–water partition coefficient (Wildman–Crippen LogP) is 4.51. The van der Waals surface area contributed by atoms with Gasteiger partial charge in [0.1, 0.15) is 5.01 Å². The SMILES string of the molecule is FC(F)(F)C1CCCCC1NCc1nc2ccccc2s1. The van der Waals surface area contributed by atoms with E-state index in [1.54, 1.807) is 0 Å². The third kappa shape index (κ3) is 3.37. The quantitative estimate of drug-likeness (QED) is 0.902.